The van der Waals surface area contributed by atoms with E-state index in [1.807, 2.05) is 6.20 Å². The van der Waals surface area contributed by atoms with Gasteiger partial charge in [-0.3, -0.25) is 0 Å². The normalized spacial score (nSPS) is 24.7. The van der Waals surface area contributed by atoms with Crippen LogP contribution in [-0.2, 0) is 6.54 Å². The Hall–Kier alpha value is -0.830. The van der Waals surface area contributed by atoms with Gasteiger partial charge in [-0.2, -0.15) is 0 Å². The van der Waals surface area contributed by atoms with Crippen LogP contribution < -0.4 is 5.32 Å². The third-order valence-corrected chi connectivity index (χ3v) is 3.87. The molecule has 3 heteroatoms. The summed E-state index contributed by atoms with van der Waals surface area (Å²) in [6.45, 7) is 8.81. The molecule has 1 heterocycles. The molecule has 0 amide bonds. The molecule has 1 saturated carbocycles. The average molecular weight is 235 g/mol. The van der Waals surface area contributed by atoms with Crippen molar-refractivity contribution in [2.24, 2.45) is 5.92 Å². The van der Waals surface area contributed by atoms with Gasteiger partial charge in [0, 0.05) is 30.9 Å². The largest absolute Gasteiger partial charge is 0.335 e. The Labute approximate surface area is 105 Å². The van der Waals surface area contributed by atoms with Crippen molar-refractivity contribution in [2.75, 3.05) is 6.54 Å². The lowest BCUT2D eigenvalue weighted by molar-refractivity contribution is 0.404. The highest BCUT2D eigenvalue weighted by atomic mass is 15.1. The van der Waals surface area contributed by atoms with E-state index in [0.29, 0.717) is 12.0 Å². The SMILES string of the molecule is CCn1ccnc1C1CCCC1CNC(C)C. The second kappa shape index (κ2) is 5.67. The van der Waals surface area contributed by atoms with Crippen LogP contribution in [0.3, 0.4) is 0 Å². The zero-order valence-electron chi connectivity index (χ0n) is 11.3. The maximum absolute atomic E-state index is 4.58. The molecule has 2 rings (SSSR count). The highest BCUT2D eigenvalue weighted by Crippen LogP contribution is 2.38. The summed E-state index contributed by atoms with van der Waals surface area (Å²) in [7, 11) is 0. The van der Waals surface area contributed by atoms with Crippen molar-refractivity contribution in [3.05, 3.63) is 18.2 Å². The molecule has 1 aliphatic carbocycles. The predicted octanol–water partition coefficient (Wildman–Crippen LogP) is 2.78. The van der Waals surface area contributed by atoms with Crippen LogP contribution in [0, 0.1) is 5.92 Å². The van der Waals surface area contributed by atoms with E-state index in [1.54, 1.807) is 0 Å². The van der Waals surface area contributed by atoms with Crippen LogP contribution in [0.2, 0.25) is 0 Å². The molecule has 1 N–H and O–H groups in total. The summed E-state index contributed by atoms with van der Waals surface area (Å²) in [5.74, 6) is 2.74. The molecule has 0 aromatic carbocycles. The van der Waals surface area contributed by atoms with Gasteiger partial charge in [0.25, 0.3) is 0 Å². The molecule has 2 unspecified atom stereocenters. The van der Waals surface area contributed by atoms with Crippen molar-refractivity contribution in [1.29, 1.82) is 0 Å². The van der Waals surface area contributed by atoms with Gasteiger partial charge in [0.05, 0.1) is 0 Å². The summed E-state index contributed by atoms with van der Waals surface area (Å²) in [5, 5.41) is 3.58. The van der Waals surface area contributed by atoms with Gasteiger partial charge in [0.2, 0.25) is 0 Å². The molecule has 96 valence electrons. The van der Waals surface area contributed by atoms with E-state index in [9.17, 15) is 0 Å². The molecule has 1 aromatic heterocycles. The average Bonchev–Trinajstić information content (AvgIpc) is 2.93. The Morgan fingerprint density at radius 3 is 3.00 bits per heavy atom. The van der Waals surface area contributed by atoms with E-state index >= 15 is 0 Å². The van der Waals surface area contributed by atoms with Crippen LogP contribution in [0.15, 0.2) is 12.4 Å². The van der Waals surface area contributed by atoms with Gasteiger partial charge in [0.1, 0.15) is 5.82 Å². The van der Waals surface area contributed by atoms with Gasteiger partial charge in [-0.1, -0.05) is 20.3 Å². The fourth-order valence-electron chi connectivity index (χ4n) is 2.92. The predicted molar refractivity (Wildman–Crippen MR) is 71.1 cm³/mol. The summed E-state index contributed by atoms with van der Waals surface area (Å²) in [4.78, 5) is 4.58. The van der Waals surface area contributed by atoms with Crippen LogP contribution in [-0.4, -0.2) is 22.1 Å². The lowest BCUT2D eigenvalue weighted by Gasteiger charge is -2.21. The Balaban J connectivity index is 2.04. The summed E-state index contributed by atoms with van der Waals surface area (Å²) >= 11 is 0. The monoisotopic (exact) mass is 235 g/mol. The topological polar surface area (TPSA) is 29.9 Å². The summed E-state index contributed by atoms with van der Waals surface area (Å²) in [6, 6.07) is 0.585. The third-order valence-electron chi connectivity index (χ3n) is 3.87. The Morgan fingerprint density at radius 1 is 1.47 bits per heavy atom. The highest BCUT2D eigenvalue weighted by Gasteiger charge is 2.31. The number of nitrogens with one attached hydrogen (secondary N) is 1. The van der Waals surface area contributed by atoms with Crippen molar-refractivity contribution < 1.29 is 0 Å². The van der Waals surface area contributed by atoms with Crippen LogP contribution >= 0.6 is 0 Å². The van der Waals surface area contributed by atoms with Crippen molar-refractivity contribution in [3.63, 3.8) is 0 Å². The van der Waals surface area contributed by atoms with Gasteiger partial charge in [-0.15, -0.1) is 0 Å². The lowest BCUT2D eigenvalue weighted by atomic mass is 9.95. The molecular weight excluding hydrogens is 210 g/mol. The Morgan fingerprint density at radius 2 is 2.29 bits per heavy atom. The number of hydrogen-bond acceptors (Lipinski definition) is 2. The summed E-state index contributed by atoms with van der Waals surface area (Å²) < 4.78 is 2.30. The zero-order chi connectivity index (χ0) is 12.3. The minimum atomic E-state index is 0.585. The molecule has 17 heavy (non-hydrogen) atoms. The quantitative estimate of drug-likeness (QED) is 0.850. The number of imidazole rings is 1. The molecule has 1 fully saturated rings. The van der Waals surface area contributed by atoms with Crippen molar-refractivity contribution >= 4 is 0 Å². The maximum atomic E-state index is 4.58. The van der Waals surface area contributed by atoms with Gasteiger partial charge >= 0.3 is 0 Å². The van der Waals surface area contributed by atoms with Gasteiger partial charge in [0.15, 0.2) is 0 Å². The second-order valence-corrected chi connectivity index (χ2v) is 5.43. The standard InChI is InChI=1S/C14H25N3/c1-4-17-9-8-15-14(17)13-7-5-6-12(13)10-16-11(2)3/h8-9,11-13,16H,4-7,10H2,1-3H3. The summed E-state index contributed by atoms with van der Waals surface area (Å²) in [5.41, 5.74) is 0. The number of rotatable bonds is 5. The second-order valence-electron chi connectivity index (χ2n) is 5.43. The van der Waals surface area contributed by atoms with E-state index in [1.165, 1.54) is 25.1 Å². The summed E-state index contributed by atoms with van der Waals surface area (Å²) in [6.07, 6.45) is 8.07. The number of nitrogens with zero attached hydrogens (tertiary/aromatic N) is 2. The molecule has 0 bridgehead atoms. The van der Waals surface area contributed by atoms with E-state index in [4.69, 9.17) is 0 Å². The number of hydrogen-bond donors (Lipinski definition) is 1. The Kier molecular flexibility index (Phi) is 4.21. The van der Waals surface area contributed by atoms with E-state index < -0.39 is 0 Å². The lowest BCUT2D eigenvalue weighted by Crippen LogP contribution is -2.30. The number of aryl methyl sites for hydroxylation is 1. The van der Waals surface area contributed by atoms with Gasteiger partial charge in [-0.05, 0) is 32.2 Å². The molecule has 1 aromatic rings. The third kappa shape index (κ3) is 2.89. The molecule has 0 saturated heterocycles. The van der Waals surface area contributed by atoms with Crippen molar-refractivity contribution in [1.82, 2.24) is 14.9 Å². The van der Waals surface area contributed by atoms with Crippen LogP contribution in [0.25, 0.3) is 0 Å². The molecule has 0 radical (unpaired) electrons. The molecule has 0 spiro atoms. The fraction of sp³-hybridized carbons (Fsp3) is 0.786. The first-order valence-electron chi connectivity index (χ1n) is 6.96. The first-order valence-corrected chi connectivity index (χ1v) is 6.96. The van der Waals surface area contributed by atoms with Crippen molar-refractivity contribution in [2.45, 2.75) is 58.5 Å². The molecular formula is C14H25N3. The molecule has 2 atom stereocenters. The molecule has 1 aliphatic rings. The minimum Gasteiger partial charge on any atom is -0.335 e. The minimum absolute atomic E-state index is 0.585. The first kappa shape index (κ1) is 12.6. The van der Waals surface area contributed by atoms with E-state index in [0.717, 1.165) is 19.0 Å². The highest BCUT2D eigenvalue weighted by molar-refractivity contribution is 5.05. The smallest absolute Gasteiger partial charge is 0.112 e. The van der Waals surface area contributed by atoms with Crippen LogP contribution in [0.5, 0.6) is 0 Å². The van der Waals surface area contributed by atoms with Crippen LogP contribution in [0.4, 0.5) is 0 Å². The van der Waals surface area contributed by atoms with E-state index in [2.05, 4.69) is 41.8 Å². The zero-order valence-corrected chi connectivity index (χ0v) is 11.3. The van der Waals surface area contributed by atoms with Gasteiger partial charge < -0.3 is 9.88 Å². The molecule has 3 nitrogen and oxygen atoms in total. The maximum Gasteiger partial charge on any atom is 0.112 e. The number of aromatic nitrogens is 2. The van der Waals surface area contributed by atoms with Crippen molar-refractivity contribution in [3.8, 4) is 0 Å². The first-order chi connectivity index (χ1) is 8.22. The van der Waals surface area contributed by atoms with Gasteiger partial charge in [-0.25, -0.2) is 4.98 Å². The Bertz CT molecular complexity index is 343. The van der Waals surface area contributed by atoms with E-state index in [-0.39, 0.29) is 0 Å². The fourth-order valence-corrected chi connectivity index (χ4v) is 2.92. The molecule has 0 aliphatic heterocycles. The van der Waals surface area contributed by atoms with Crippen LogP contribution in [0.1, 0.15) is 51.8 Å².